The Morgan fingerprint density at radius 3 is 2.43 bits per heavy atom. The van der Waals surface area contributed by atoms with E-state index in [1.54, 1.807) is 27.7 Å². The predicted octanol–water partition coefficient (Wildman–Crippen LogP) is 4.25. The summed E-state index contributed by atoms with van der Waals surface area (Å²) < 4.78 is 42.8. The van der Waals surface area contributed by atoms with Crippen LogP contribution in [0.3, 0.4) is 0 Å². The van der Waals surface area contributed by atoms with Crippen molar-refractivity contribution < 1.29 is 22.8 Å². The molecule has 1 saturated heterocycles. The maximum atomic E-state index is 13.9. The number of nitrogens with zero attached hydrogens (tertiary/aromatic N) is 3. The van der Waals surface area contributed by atoms with Gasteiger partial charge < -0.3 is 14.8 Å². The highest BCUT2D eigenvalue weighted by molar-refractivity contribution is 5.85. The molecule has 1 aliphatic heterocycles. The smallest absolute Gasteiger partial charge is 0.245 e. The molecule has 9 heteroatoms. The lowest BCUT2D eigenvalue weighted by atomic mass is 9.94. The minimum Gasteiger partial charge on any atom is -0.356 e. The fourth-order valence-electron chi connectivity index (χ4n) is 4.68. The Bertz CT molecular complexity index is 1220. The van der Waals surface area contributed by atoms with Crippen LogP contribution >= 0.6 is 0 Å². The molecule has 1 aliphatic rings. The van der Waals surface area contributed by atoms with Crippen LogP contribution in [0.25, 0.3) is 11.0 Å². The van der Waals surface area contributed by atoms with Gasteiger partial charge in [-0.2, -0.15) is 0 Å². The molecule has 35 heavy (non-hydrogen) atoms. The molecule has 0 spiro atoms. The second kappa shape index (κ2) is 10.5. The molecule has 4 rings (SSSR count). The fraction of sp³-hybridized carbons (Fsp3) is 0.423. The zero-order valence-corrected chi connectivity index (χ0v) is 19.8. The summed E-state index contributed by atoms with van der Waals surface area (Å²) in [4.78, 5) is 31.9. The molecule has 2 heterocycles. The average molecular weight is 487 g/mol. The number of amides is 2. The number of halogens is 3. The molecule has 2 amide bonds. The Labute approximate surface area is 202 Å². The molecule has 0 saturated carbocycles. The second-order valence-electron chi connectivity index (χ2n) is 9.33. The van der Waals surface area contributed by atoms with Crippen LogP contribution < -0.4 is 5.32 Å². The van der Waals surface area contributed by atoms with Crippen LogP contribution in [0.5, 0.6) is 0 Å². The molecule has 1 unspecified atom stereocenters. The zero-order valence-electron chi connectivity index (χ0n) is 19.8. The summed E-state index contributed by atoms with van der Waals surface area (Å²) in [6.45, 7) is 4.97. The highest BCUT2D eigenvalue weighted by Crippen LogP contribution is 2.29. The minimum atomic E-state index is -0.990. The first-order valence-electron chi connectivity index (χ1n) is 11.9. The van der Waals surface area contributed by atoms with E-state index in [0.29, 0.717) is 50.0 Å². The van der Waals surface area contributed by atoms with E-state index in [-0.39, 0.29) is 35.0 Å². The Balaban J connectivity index is 1.36. The molecule has 0 bridgehead atoms. The number of carbonyl (C=O) groups is 2. The van der Waals surface area contributed by atoms with Gasteiger partial charge >= 0.3 is 0 Å². The van der Waals surface area contributed by atoms with Gasteiger partial charge in [0, 0.05) is 37.7 Å². The van der Waals surface area contributed by atoms with Crippen LogP contribution in [-0.2, 0) is 16.0 Å². The average Bonchev–Trinajstić information content (AvgIpc) is 3.22. The summed E-state index contributed by atoms with van der Waals surface area (Å²) in [5.41, 5.74) is 1.20. The lowest BCUT2D eigenvalue weighted by Gasteiger charge is -2.35. The van der Waals surface area contributed by atoms with E-state index < -0.39 is 17.7 Å². The number of aromatic nitrogens is 2. The number of hydrogen-bond donors (Lipinski definition) is 1. The van der Waals surface area contributed by atoms with Gasteiger partial charge in [-0.3, -0.25) is 9.59 Å². The van der Waals surface area contributed by atoms with Crippen molar-refractivity contribution >= 4 is 22.8 Å². The molecule has 1 aromatic heterocycles. The van der Waals surface area contributed by atoms with E-state index in [0.717, 1.165) is 12.1 Å². The lowest BCUT2D eigenvalue weighted by Crippen LogP contribution is -2.46. The number of fused-ring (bicyclic) bond motifs is 1. The molecule has 2 aromatic carbocycles. The molecular formula is C26H29F3N4O2. The van der Waals surface area contributed by atoms with Gasteiger partial charge in [0.25, 0.3) is 0 Å². The lowest BCUT2D eigenvalue weighted by molar-refractivity contribution is -0.139. The van der Waals surface area contributed by atoms with Gasteiger partial charge in [-0.05, 0) is 36.8 Å². The Hall–Kier alpha value is -3.36. The van der Waals surface area contributed by atoms with Gasteiger partial charge in [-0.15, -0.1) is 0 Å². The van der Waals surface area contributed by atoms with Gasteiger partial charge in [0.2, 0.25) is 11.8 Å². The normalized spacial score (nSPS) is 15.5. The molecule has 1 atom stereocenters. The van der Waals surface area contributed by atoms with Gasteiger partial charge in [0.05, 0.1) is 17.4 Å². The highest BCUT2D eigenvalue weighted by atomic mass is 19.2. The van der Waals surface area contributed by atoms with E-state index in [2.05, 4.69) is 10.3 Å². The van der Waals surface area contributed by atoms with Crippen LogP contribution in [0.1, 0.15) is 38.3 Å². The van der Waals surface area contributed by atoms with Crippen molar-refractivity contribution in [3.63, 3.8) is 0 Å². The summed E-state index contributed by atoms with van der Waals surface area (Å²) in [5, 5.41) is 2.88. The van der Waals surface area contributed by atoms with Crippen molar-refractivity contribution in [1.82, 2.24) is 19.8 Å². The first-order chi connectivity index (χ1) is 16.8. The number of benzene rings is 2. The number of likely N-dealkylation sites (tertiary alicyclic amines) is 1. The molecule has 1 fully saturated rings. The summed E-state index contributed by atoms with van der Waals surface area (Å²) in [7, 11) is 0. The van der Waals surface area contributed by atoms with Crippen molar-refractivity contribution in [3.8, 4) is 0 Å². The molecule has 6 nitrogen and oxygen atoms in total. The molecule has 1 N–H and O–H groups in total. The number of piperidine rings is 1. The van der Waals surface area contributed by atoms with Crippen LogP contribution in [0.4, 0.5) is 13.2 Å². The highest BCUT2D eigenvalue weighted by Gasteiger charge is 2.33. The summed E-state index contributed by atoms with van der Waals surface area (Å²) in [6, 6.07) is 7.96. The van der Waals surface area contributed by atoms with Crippen molar-refractivity contribution in [3.05, 3.63) is 65.7 Å². The van der Waals surface area contributed by atoms with Crippen molar-refractivity contribution in [2.24, 2.45) is 11.8 Å². The van der Waals surface area contributed by atoms with Gasteiger partial charge in [0.15, 0.2) is 11.6 Å². The SMILES string of the molecule is CC(C)C(C(=O)N1CCC(C(=O)NCCc2ccccc2F)CC1)n1cnc2cc(F)c(F)cc21. The van der Waals surface area contributed by atoms with Crippen molar-refractivity contribution in [1.29, 1.82) is 0 Å². The van der Waals surface area contributed by atoms with E-state index >= 15 is 0 Å². The number of nitrogens with one attached hydrogen (secondary N) is 1. The van der Waals surface area contributed by atoms with E-state index in [1.165, 1.54) is 12.4 Å². The Kier molecular flexibility index (Phi) is 7.42. The molecule has 0 radical (unpaired) electrons. The molecular weight excluding hydrogens is 457 g/mol. The van der Waals surface area contributed by atoms with Gasteiger partial charge in [0.1, 0.15) is 11.9 Å². The largest absolute Gasteiger partial charge is 0.356 e. The minimum absolute atomic E-state index is 0.0908. The summed E-state index contributed by atoms with van der Waals surface area (Å²) in [6.07, 6.45) is 2.90. The number of imidazole rings is 1. The van der Waals surface area contributed by atoms with Crippen LogP contribution in [0, 0.1) is 29.3 Å². The Morgan fingerprint density at radius 1 is 1.06 bits per heavy atom. The number of carbonyl (C=O) groups excluding carboxylic acids is 2. The van der Waals surface area contributed by atoms with Crippen molar-refractivity contribution in [2.75, 3.05) is 19.6 Å². The van der Waals surface area contributed by atoms with Crippen LogP contribution in [0.2, 0.25) is 0 Å². The first-order valence-corrected chi connectivity index (χ1v) is 11.9. The zero-order chi connectivity index (χ0) is 25.1. The van der Waals surface area contributed by atoms with Gasteiger partial charge in [-0.25, -0.2) is 18.2 Å². The molecule has 3 aromatic rings. The number of rotatable bonds is 7. The van der Waals surface area contributed by atoms with Gasteiger partial charge in [-0.1, -0.05) is 32.0 Å². The second-order valence-corrected chi connectivity index (χ2v) is 9.33. The molecule has 186 valence electrons. The maximum Gasteiger partial charge on any atom is 0.245 e. The molecule has 0 aliphatic carbocycles. The standard InChI is InChI=1S/C26H29F3N4O2/c1-16(2)24(33-15-31-22-13-20(28)21(29)14-23(22)33)26(35)32-11-8-18(9-12-32)25(34)30-10-7-17-5-3-4-6-19(17)27/h3-6,13-16,18,24H,7-12H2,1-2H3,(H,30,34). The van der Waals surface area contributed by atoms with E-state index in [1.807, 2.05) is 13.8 Å². The third kappa shape index (κ3) is 5.33. The number of hydrogen-bond acceptors (Lipinski definition) is 3. The summed E-state index contributed by atoms with van der Waals surface area (Å²) >= 11 is 0. The third-order valence-corrected chi connectivity index (χ3v) is 6.63. The maximum absolute atomic E-state index is 13.9. The first kappa shape index (κ1) is 24.8. The van der Waals surface area contributed by atoms with E-state index in [9.17, 15) is 22.8 Å². The quantitative estimate of drug-likeness (QED) is 0.543. The Morgan fingerprint density at radius 2 is 1.74 bits per heavy atom. The summed E-state index contributed by atoms with van der Waals surface area (Å²) in [5.74, 6) is -2.82. The fourth-order valence-corrected chi connectivity index (χ4v) is 4.68. The van der Waals surface area contributed by atoms with E-state index in [4.69, 9.17) is 0 Å². The van der Waals surface area contributed by atoms with Crippen LogP contribution in [-0.4, -0.2) is 45.9 Å². The van der Waals surface area contributed by atoms with Crippen molar-refractivity contribution in [2.45, 2.75) is 39.2 Å². The van der Waals surface area contributed by atoms with Crippen LogP contribution in [0.15, 0.2) is 42.7 Å². The predicted molar refractivity (Wildman–Crippen MR) is 126 cm³/mol. The monoisotopic (exact) mass is 486 g/mol. The third-order valence-electron chi connectivity index (χ3n) is 6.63. The topological polar surface area (TPSA) is 67.2 Å².